The third-order valence-electron chi connectivity index (χ3n) is 5.28. The predicted molar refractivity (Wildman–Crippen MR) is 72.2 cm³/mol. The number of ether oxygens (including phenoxy) is 1. The molecule has 0 aromatic carbocycles. The molecule has 2 nitrogen and oxygen atoms in total. The van der Waals surface area contributed by atoms with E-state index in [2.05, 4.69) is 26.1 Å². The van der Waals surface area contributed by atoms with Crippen LogP contribution in [0.15, 0.2) is 0 Å². The molecule has 2 rings (SSSR count). The summed E-state index contributed by atoms with van der Waals surface area (Å²) in [5.41, 5.74) is 0.371. The molecule has 0 bridgehead atoms. The number of nitrogens with one attached hydrogen (secondary N) is 1. The van der Waals surface area contributed by atoms with E-state index in [9.17, 15) is 0 Å². The van der Waals surface area contributed by atoms with Gasteiger partial charge in [0.05, 0.1) is 6.10 Å². The lowest BCUT2D eigenvalue weighted by Gasteiger charge is -2.54. The van der Waals surface area contributed by atoms with Crippen molar-refractivity contribution < 1.29 is 4.74 Å². The Labute approximate surface area is 107 Å². The second-order valence-corrected chi connectivity index (χ2v) is 6.13. The molecule has 0 aromatic rings. The van der Waals surface area contributed by atoms with Gasteiger partial charge in [-0.1, -0.05) is 33.1 Å². The third kappa shape index (κ3) is 2.68. The van der Waals surface area contributed by atoms with Gasteiger partial charge in [0.15, 0.2) is 0 Å². The lowest BCUT2D eigenvalue weighted by molar-refractivity contribution is -0.125. The first-order valence-electron chi connectivity index (χ1n) is 7.55. The normalized spacial score (nSPS) is 37.6. The average Bonchev–Trinajstić information content (AvgIpc) is 2.28. The van der Waals surface area contributed by atoms with E-state index < -0.39 is 0 Å². The highest BCUT2D eigenvalue weighted by Gasteiger charge is 2.50. The Balaban J connectivity index is 1.70. The summed E-state index contributed by atoms with van der Waals surface area (Å²) in [6.45, 7) is 8.86. The van der Waals surface area contributed by atoms with Crippen molar-refractivity contribution in [1.29, 1.82) is 0 Å². The van der Waals surface area contributed by atoms with Gasteiger partial charge in [-0.25, -0.2) is 0 Å². The van der Waals surface area contributed by atoms with Crippen LogP contribution in [-0.4, -0.2) is 25.3 Å². The maximum atomic E-state index is 5.83. The molecule has 2 fully saturated rings. The largest absolute Gasteiger partial charge is 0.378 e. The van der Waals surface area contributed by atoms with Crippen molar-refractivity contribution >= 4 is 0 Å². The fraction of sp³-hybridized carbons (Fsp3) is 1.00. The van der Waals surface area contributed by atoms with E-state index in [1.165, 1.54) is 45.1 Å². The summed E-state index contributed by atoms with van der Waals surface area (Å²) in [5.74, 6) is 1.03. The standard InChI is InChI=1S/C15H29NO/c1-4-15(3)13(11-14(15)17-5-2)16-10-9-12-7-6-8-12/h12-14,16H,4-11H2,1-3H3. The molecule has 3 atom stereocenters. The lowest BCUT2D eigenvalue weighted by atomic mass is 9.61. The molecule has 0 aliphatic heterocycles. The molecule has 0 amide bonds. The van der Waals surface area contributed by atoms with Gasteiger partial charge < -0.3 is 10.1 Å². The number of hydrogen-bond donors (Lipinski definition) is 1. The molecule has 2 aliphatic carbocycles. The van der Waals surface area contributed by atoms with Crippen LogP contribution >= 0.6 is 0 Å². The van der Waals surface area contributed by atoms with Gasteiger partial charge in [-0.15, -0.1) is 0 Å². The molecule has 0 radical (unpaired) electrons. The summed E-state index contributed by atoms with van der Waals surface area (Å²) >= 11 is 0. The topological polar surface area (TPSA) is 21.3 Å². The van der Waals surface area contributed by atoms with E-state index in [1.807, 2.05) is 0 Å². The molecule has 0 aromatic heterocycles. The van der Waals surface area contributed by atoms with E-state index in [0.717, 1.165) is 12.5 Å². The summed E-state index contributed by atoms with van der Waals surface area (Å²) in [7, 11) is 0. The molecule has 0 saturated heterocycles. The van der Waals surface area contributed by atoms with Crippen molar-refractivity contribution in [3.63, 3.8) is 0 Å². The van der Waals surface area contributed by atoms with E-state index in [4.69, 9.17) is 4.74 Å². The van der Waals surface area contributed by atoms with Gasteiger partial charge in [-0.3, -0.25) is 0 Å². The monoisotopic (exact) mass is 239 g/mol. The molecular weight excluding hydrogens is 210 g/mol. The fourth-order valence-electron chi connectivity index (χ4n) is 3.31. The molecule has 17 heavy (non-hydrogen) atoms. The van der Waals surface area contributed by atoms with Crippen molar-refractivity contribution in [3.05, 3.63) is 0 Å². The van der Waals surface area contributed by atoms with Crippen LogP contribution in [0, 0.1) is 11.3 Å². The van der Waals surface area contributed by atoms with Crippen LogP contribution in [0.2, 0.25) is 0 Å². The second-order valence-electron chi connectivity index (χ2n) is 6.13. The Morgan fingerprint density at radius 2 is 2.06 bits per heavy atom. The molecule has 0 heterocycles. The molecule has 2 saturated carbocycles. The van der Waals surface area contributed by atoms with Crippen LogP contribution in [0.4, 0.5) is 0 Å². The average molecular weight is 239 g/mol. The highest BCUT2D eigenvalue weighted by atomic mass is 16.5. The minimum Gasteiger partial charge on any atom is -0.378 e. The van der Waals surface area contributed by atoms with Gasteiger partial charge in [0.2, 0.25) is 0 Å². The van der Waals surface area contributed by atoms with Crippen LogP contribution in [0.5, 0.6) is 0 Å². The first kappa shape index (κ1) is 13.4. The van der Waals surface area contributed by atoms with Crippen molar-refractivity contribution in [2.45, 2.75) is 71.4 Å². The zero-order valence-electron chi connectivity index (χ0n) is 11.8. The Morgan fingerprint density at radius 1 is 1.29 bits per heavy atom. The third-order valence-corrected chi connectivity index (χ3v) is 5.28. The minimum atomic E-state index is 0.371. The fourth-order valence-corrected chi connectivity index (χ4v) is 3.31. The summed E-state index contributed by atoms with van der Waals surface area (Å²) < 4.78 is 5.83. The smallest absolute Gasteiger partial charge is 0.0658 e. The minimum absolute atomic E-state index is 0.371. The summed E-state index contributed by atoms with van der Waals surface area (Å²) in [6.07, 6.45) is 8.71. The molecule has 100 valence electrons. The van der Waals surface area contributed by atoms with Gasteiger partial charge in [0.25, 0.3) is 0 Å². The zero-order chi connectivity index (χ0) is 12.3. The highest BCUT2D eigenvalue weighted by Crippen LogP contribution is 2.45. The first-order chi connectivity index (χ1) is 8.20. The van der Waals surface area contributed by atoms with Gasteiger partial charge in [-0.2, -0.15) is 0 Å². The molecule has 1 N–H and O–H groups in total. The van der Waals surface area contributed by atoms with Gasteiger partial charge in [0, 0.05) is 18.1 Å². The summed E-state index contributed by atoms with van der Waals surface area (Å²) in [5, 5.41) is 3.77. The highest BCUT2D eigenvalue weighted by molar-refractivity contribution is 5.04. The van der Waals surface area contributed by atoms with Gasteiger partial charge in [-0.05, 0) is 38.6 Å². The van der Waals surface area contributed by atoms with Crippen molar-refractivity contribution in [2.75, 3.05) is 13.2 Å². The first-order valence-corrected chi connectivity index (χ1v) is 7.55. The van der Waals surface area contributed by atoms with E-state index >= 15 is 0 Å². The molecule has 2 aliphatic rings. The van der Waals surface area contributed by atoms with E-state index in [1.54, 1.807) is 0 Å². The Morgan fingerprint density at radius 3 is 2.59 bits per heavy atom. The lowest BCUT2D eigenvalue weighted by Crippen LogP contribution is -2.62. The molecular formula is C15H29NO. The van der Waals surface area contributed by atoms with Gasteiger partial charge >= 0.3 is 0 Å². The molecule has 3 unspecified atom stereocenters. The Hall–Kier alpha value is -0.0800. The van der Waals surface area contributed by atoms with E-state index in [-0.39, 0.29) is 0 Å². The van der Waals surface area contributed by atoms with Crippen molar-refractivity contribution in [2.24, 2.45) is 11.3 Å². The zero-order valence-corrected chi connectivity index (χ0v) is 11.8. The maximum absolute atomic E-state index is 5.83. The predicted octanol–water partition coefficient (Wildman–Crippen LogP) is 3.36. The van der Waals surface area contributed by atoms with Crippen LogP contribution in [0.1, 0.15) is 59.3 Å². The Kier molecular flexibility index (Phi) is 4.48. The summed E-state index contributed by atoms with van der Waals surface area (Å²) in [6, 6.07) is 0.684. The van der Waals surface area contributed by atoms with Crippen molar-refractivity contribution in [1.82, 2.24) is 5.32 Å². The number of rotatable bonds is 7. The quantitative estimate of drug-likeness (QED) is 0.735. The Bertz CT molecular complexity index is 239. The number of hydrogen-bond acceptors (Lipinski definition) is 2. The SMILES string of the molecule is CCOC1CC(NCCC2CCC2)C1(C)CC. The van der Waals surface area contributed by atoms with Crippen LogP contribution in [0.3, 0.4) is 0 Å². The van der Waals surface area contributed by atoms with E-state index in [0.29, 0.717) is 17.6 Å². The maximum Gasteiger partial charge on any atom is 0.0658 e. The second kappa shape index (κ2) is 5.71. The van der Waals surface area contributed by atoms with Crippen LogP contribution < -0.4 is 5.32 Å². The van der Waals surface area contributed by atoms with Crippen molar-refractivity contribution in [3.8, 4) is 0 Å². The van der Waals surface area contributed by atoms with Gasteiger partial charge in [0.1, 0.15) is 0 Å². The summed E-state index contributed by atoms with van der Waals surface area (Å²) in [4.78, 5) is 0. The molecule has 0 spiro atoms. The van der Waals surface area contributed by atoms with Crippen LogP contribution in [-0.2, 0) is 4.74 Å². The molecule has 2 heteroatoms. The van der Waals surface area contributed by atoms with Crippen LogP contribution in [0.25, 0.3) is 0 Å².